The first-order chi connectivity index (χ1) is 13.7. The van der Waals surface area contributed by atoms with E-state index in [1.165, 1.54) is 0 Å². The number of ether oxygens (including phenoxy) is 3. The second kappa shape index (κ2) is 10.2. The Balaban J connectivity index is 0.00000240. The van der Waals surface area contributed by atoms with Gasteiger partial charge in [-0.15, -0.1) is 12.4 Å². The number of hydrogen-bond donors (Lipinski definition) is 1. The summed E-state index contributed by atoms with van der Waals surface area (Å²) in [6.07, 6.45) is 0. The lowest BCUT2D eigenvalue weighted by Gasteiger charge is -2.13. The van der Waals surface area contributed by atoms with Gasteiger partial charge in [-0.1, -0.05) is 45.7 Å². The lowest BCUT2D eigenvalue weighted by Crippen LogP contribution is -2.13. The molecule has 1 heterocycles. The van der Waals surface area contributed by atoms with E-state index in [0.717, 1.165) is 50.0 Å². The Labute approximate surface area is 189 Å². The van der Waals surface area contributed by atoms with Crippen LogP contribution >= 0.6 is 39.9 Å². The Morgan fingerprint density at radius 2 is 1.66 bits per heavy atom. The molecule has 0 aromatic heterocycles. The van der Waals surface area contributed by atoms with Gasteiger partial charge in [-0.2, -0.15) is 0 Å². The smallest absolute Gasteiger partial charge is 0.231 e. The molecule has 1 aliphatic heterocycles. The van der Waals surface area contributed by atoms with E-state index in [0.29, 0.717) is 19.9 Å². The minimum Gasteiger partial charge on any atom is -0.489 e. The Bertz CT molecular complexity index is 967. The number of hydrogen-bond acceptors (Lipinski definition) is 4. The van der Waals surface area contributed by atoms with E-state index in [9.17, 15) is 0 Å². The highest BCUT2D eigenvalue weighted by atomic mass is 79.9. The molecule has 3 aromatic carbocycles. The van der Waals surface area contributed by atoms with Crippen LogP contribution in [0.5, 0.6) is 17.2 Å². The van der Waals surface area contributed by atoms with E-state index in [1.807, 2.05) is 54.6 Å². The summed E-state index contributed by atoms with van der Waals surface area (Å²) in [4.78, 5) is 0. The molecule has 0 atom stereocenters. The van der Waals surface area contributed by atoms with E-state index >= 15 is 0 Å². The van der Waals surface area contributed by atoms with Gasteiger partial charge in [0, 0.05) is 28.1 Å². The zero-order valence-corrected chi connectivity index (χ0v) is 18.6. The van der Waals surface area contributed by atoms with Crippen molar-refractivity contribution in [2.24, 2.45) is 0 Å². The van der Waals surface area contributed by atoms with Gasteiger partial charge in [0.2, 0.25) is 6.79 Å². The van der Waals surface area contributed by atoms with E-state index in [2.05, 4.69) is 27.3 Å². The van der Waals surface area contributed by atoms with Gasteiger partial charge in [-0.3, -0.25) is 0 Å². The number of rotatable bonds is 7. The first kappa shape index (κ1) is 21.8. The fraction of sp³-hybridized carbons (Fsp3) is 0.182. The van der Waals surface area contributed by atoms with Crippen molar-refractivity contribution in [3.63, 3.8) is 0 Å². The molecule has 4 rings (SSSR count). The number of nitrogens with one attached hydrogen (secondary N) is 1. The van der Waals surface area contributed by atoms with Crippen molar-refractivity contribution < 1.29 is 14.2 Å². The van der Waals surface area contributed by atoms with Crippen molar-refractivity contribution in [2.45, 2.75) is 19.7 Å². The van der Waals surface area contributed by atoms with Crippen LogP contribution in [0.4, 0.5) is 0 Å². The molecule has 0 saturated carbocycles. The quantitative estimate of drug-likeness (QED) is 0.427. The summed E-state index contributed by atoms with van der Waals surface area (Å²) < 4.78 is 17.9. The van der Waals surface area contributed by atoms with Gasteiger partial charge >= 0.3 is 0 Å². The van der Waals surface area contributed by atoms with Crippen molar-refractivity contribution >= 4 is 39.9 Å². The van der Waals surface area contributed by atoms with Crippen LogP contribution in [0.15, 0.2) is 65.1 Å². The fourth-order valence-corrected chi connectivity index (χ4v) is 3.50. The summed E-state index contributed by atoms with van der Waals surface area (Å²) in [5.41, 5.74) is 3.30. The van der Waals surface area contributed by atoms with E-state index in [1.54, 1.807) is 0 Å². The molecule has 0 aliphatic carbocycles. The maximum atomic E-state index is 6.04. The number of benzene rings is 3. The Morgan fingerprint density at radius 1 is 0.897 bits per heavy atom. The third kappa shape index (κ3) is 5.80. The second-order valence-electron chi connectivity index (χ2n) is 6.46. The zero-order chi connectivity index (χ0) is 19.3. The Hall–Kier alpha value is -1.92. The van der Waals surface area contributed by atoms with E-state index < -0.39 is 0 Å². The average molecular weight is 497 g/mol. The molecule has 1 N–H and O–H groups in total. The molecule has 0 unspecified atom stereocenters. The molecule has 0 radical (unpaired) electrons. The molecule has 1 aliphatic rings. The molecule has 0 spiro atoms. The normalized spacial score (nSPS) is 11.8. The predicted molar refractivity (Wildman–Crippen MR) is 120 cm³/mol. The lowest BCUT2D eigenvalue weighted by molar-refractivity contribution is 0.174. The molecule has 0 amide bonds. The molecule has 3 aromatic rings. The minimum absolute atomic E-state index is 0. The first-order valence-corrected chi connectivity index (χ1v) is 10.1. The van der Waals surface area contributed by atoms with Crippen LogP contribution in [-0.4, -0.2) is 6.79 Å². The zero-order valence-electron chi connectivity index (χ0n) is 15.5. The fourth-order valence-electron chi connectivity index (χ4n) is 2.96. The monoisotopic (exact) mass is 495 g/mol. The highest BCUT2D eigenvalue weighted by Gasteiger charge is 2.13. The van der Waals surface area contributed by atoms with Crippen LogP contribution in [0, 0.1) is 0 Å². The number of fused-ring (bicyclic) bond motifs is 1. The third-order valence-electron chi connectivity index (χ3n) is 4.41. The maximum Gasteiger partial charge on any atom is 0.231 e. The molecule has 0 saturated heterocycles. The predicted octanol–water partition coefficient (Wildman–Crippen LogP) is 6.12. The van der Waals surface area contributed by atoms with Crippen LogP contribution in [-0.2, 0) is 19.7 Å². The highest BCUT2D eigenvalue weighted by molar-refractivity contribution is 9.10. The Kier molecular flexibility index (Phi) is 7.67. The van der Waals surface area contributed by atoms with Crippen LogP contribution in [0.25, 0.3) is 0 Å². The van der Waals surface area contributed by atoms with Crippen molar-refractivity contribution in [3.8, 4) is 17.2 Å². The molecule has 29 heavy (non-hydrogen) atoms. The average Bonchev–Trinajstić information content (AvgIpc) is 3.16. The summed E-state index contributed by atoms with van der Waals surface area (Å²) in [5.74, 6) is 2.46. The molecular formula is C22H20BrCl2NO3. The van der Waals surface area contributed by atoms with Crippen LogP contribution in [0.2, 0.25) is 5.02 Å². The molecule has 152 valence electrons. The van der Waals surface area contributed by atoms with Crippen molar-refractivity contribution in [1.82, 2.24) is 5.32 Å². The standard InChI is InChI=1S/C22H19BrClNO3.ClH/c23-18-4-8-20(26-13-15-1-5-19(24)6-2-15)17(10-18)12-25-11-16-3-7-21-22(9-16)28-14-27-21;/h1-10,25H,11-14H2;1H. The van der Waals surface area contributed by atoms with Crippen LogP contribution in [0.3, 0.4) is 0 Å². The first-order valence-electron chi connectivity index (χ1n) is 8.92. The summed E-state index contributed by atoms with van der Waals surface area (Å²) in [6, 6.07) is 19.7. The molecule has 0 fully saturated rings. The van der Waals surface area contributed by atoms with Crippen molar-refractivity contribution in [2.75, 3.05) is 6.79 Å². The van der Waals surface area contributed by atoms with Gasteiger partial charge < -0.3 is 19.5 Å². The second-order valence-corrected chi connectivity index (χ2v) is 7.81. The third-order valence-corrected chi connectivity index (χ3v) is 5.16. The van der Waals surface area contributed by atoms with Crippen LogP contribution < -0.4 is 19.5 Å². The molecule has 7 heteroatoms. The number of halogens is 3. The summed E-state index contributed by atoms with van der Waals surface area (Å²) in [6.45, 7) is 2.19. The topological polar surface area (TPSA) is 39.7 Å². The summed E-state index contributed by atoms with van der Waals surface area (Å²) in [7, 11) is 0. The van der Waals surface area contributed by atoms with E-state index in [-0.39, 0.29) is 12.4 Å². The van der Waals surface area contributed by atoms with Gasteiger partial charge in [0.25, 0.3) is 0 Å². The van der Waals surface area contributed by atoms with Crippen molar-refractivity contribution in [3.05, 3.63) is 86.8 Å². The van der Waals surface area contributed by atoms with Gasteiger partial charge in [0.15, 0.2) is 11.5 Å². The summed E-state index contributed by atoms with van der Waals surface area (Å²) >= 11 is 9.48. The summed E-state index contributed by atoms with van der Waals surface area (Å²) in [5, 5.41) is 4.19. The van der Waals surface area contributed by atoms with Gasteiger partial charge in [0.05, 0.1) is 0 Å². The van der Waals surface area contributed by atoms with Gasteiger partial charge in [0.1, 0.15) is 12.4 Å². The minimum atomic E-state index is 0. The van der Waals surface area contributed by atoms with Crippen LogP contribution in [0.1, 0.15) is 16.7 Å². The highest BCUT2D eigenvalue weighted by Crippen LogP contribution is 2.32. The van der Waals surface area contributed by atoms with Gasteiger partial charge in [-0.25, -0.2) is 0 Å². The van der Waals surface area contributed by atoms with Crippen molar-refractivity contribution in [1.29, 1.82) is 0 Å². The molecule has 4 nitrogen and oxygen atoms in total. The Morgan fingerprint density at radius 3 is 2.48 bits per heavy atom. The van der Waals surface area contributed by atoms with E-state index in [4.69, 9.17) is 25.8 Å². The lowest BCUT2D eigenvalue weighted by atomic mass is 10.1. The molecular weight excluding hydrogens is 477 g/mol. The maximum absolute atomic E-state index is 6.04. The largest absolute Gasteiger partial charge is 0.489 e. The SMILES string of the molecule is Cl.Clc1ccc(COc2ccc(Br)cc2CNCc2ccc3c(c2)OCO3)cc1. The van der Waals surface area contributed by atoms with Gasteiger partial charge in [-0.05, 0) is 53.6 Å². The molecule has 0 bridgehead atoms.